The minimum atomic E-state index is -0.556. The van der Waals surface area contributed by atoms with E-state index in [-0.39, 0.29) is 24.5 Å². The number of non-ortho nitro benzene ring substituents is 1. The third-order valence-corrected chi connectivity index (χ3v) is 3.54. The predicted molar refractivity (Wildman–Crippen MR) is 99.7 cm³/mol. The Bertz CT molecular complexity index is 849. The molecule has 0 spiro atoms. The predicted octanol–water partition coefficient (Wildman–Crippen LogP) is 1.86. The number of benzene rings is 2. The minimum Gasteiger partial charge on any atom is -0.396 e. The van der Waals surface area contributed by atoms with Crippen LogP contribution < -0.4 is 10.6 Å². The summed E-state index contributed by atoms with van der Waals surface area (Å²) in [6.07, 6.45) is 1.73. The number of rotatable bonds is 8. The number of hydrogen-bond acceptors (Lipinski definition) is 5. The van der Waals surface area contributed by atoms with E-state index in [9.17, 15) is 19.7 Å². The zero-order chi connectivity index (χ0) is 19.6. The third kappa shape index (κ3) is 6.05. The lowest BCUT2D eigenvalue weighted by Crippen LogP contribution is -2.35. The Morgan fingerprint density at radius 3 is 2.52 bits per heavy atom. The maximum atomic E-state index is 12.4. The highest BCUT2D eigenvalue weighted by Gasteiger charge is 2.15. The highest BCUT2D eigenvalue weighted by atomic mass is 16.6. The molecule has 3 N–H and O–H groups in total. The van der Waals surface area contributed by atoms with E-state index in [0.29, 0.717) is 17.5 Å². The number of aliphatic hydroxyl groups is 1. The van der Waals surface area contributed by atoms with Crippen LogP contribution in [0.3, 0.4) is 0 Å². The highest BCUT2D eigenvalue weighted by molar-refractivity contribution is 6.05. The van der Waals surface area contributed by atoms with Crippen LogP contribution in [-0.2, 0) is 4.79 Å². The van der Waals surface area contributed by atoms with E-state index in [1.54, 1.807) is 36.4 Å². The van der Waals surface area contributed by atoms with Crippen LogP contribution in [0.15, 0.2) is 60.3 Å². The summed E-state index contributed by atoms with van der Waals surface area (Å²) in [7, 11) is 0. The van der Waals surface area contributed by atoms with Crippen LogP contribution in [0, 0.1) is 10.1 Å². The van der Waals surface area contributed by atoms with Crippen molar-refractivity contribution in [3.05, 3.63) is 81.5 Å². The number of carbonyl (C=O) groups is 2. The Kier molecular flexibility index (Phi) is 7.21. The van der Waals surface area contributed by atoms with E-state index in [0.717, 1.165) is 0 Å². The van der Waals surface area contributed by atoms with Gasteiger partial charge in [-0.25, -0.2) is 0 Å². The first-order valence-electron chi connectivity index (χ1n) is 8.23. The van der Waals surface area contributed by atoms with Gasteiger partial charge in [0, 0.05) is 30.8 Å². The zero-order valence-corrected chi connectivity index (χ0v) is 14.4. The second-order valence-corrected chi connectivity index (χ2v) is 5.56. The topological polar surface area (TPSA) is 122 Å². The summed E-state index contributed by atoms with van der Waals surface area (Å²) in [6.45, 7) is 0.142. The van der Waals surface area contributed by atoms with Crippen molar-refractivity contribution < 1.29 is 19.6 Å². The molecule has 0 saturated heterocycles. The summed E-state index contributed by atoms with van der Waals surface area (Å²) >= 11 is 0. The normalized spacial score (nSPS) is 10.9. The van der Waals surface area contributed by atoms with Gasteiger partial charge in [0.25, 0.3) is 17.5 Å². The fraction of sp³-hybridized carbons (Fsp3) is 0.158. The molecule has 0 heterocycles. The molecule has 0 atom stereocenters. The van der Waals surface area contributed by atoms with Gasteiger partial charge in [-0.2, -0.15) is 0 Å². The van der Waals surface area contributed by atoms with Crippen molar-refractivity contribution in [1.82, 2.24) is 10.6 Å². The van der Waals surface area contributed by atoms with Crippen molar-refractivity contribution in [2.45, 2.75) is 6.42 Å². The third-order valence-electron chi connectivity index (χ3n) is 3.54. The maximum absolute atomic E-state index is 12.4. The first kappa shape index (κ1) is 19.8. The summed E-state index contributed by atoms with van der Waals surface area (Å²) in [5, 5.41) is 24.9. The molecule has 8 heteroatoms. The maximum Gasteiger partial charge on any atom is 0.270 e. The van der Waals surface area contributed by atoms with Gasteiger partial charge in [-0.15, -0.1) is 0 Å². The summed E-state index contributed by atoms with van der Waals surface area (Å²) in [4.78, 5) is 35.2. The molecule has 8 nitrogen and oxygen atoms in total. The van der Waals surface area contributed by atoms with Crippen LogP contribution in [0.4, 0.5) is 5.69 Å². The minimum absolute atomic E-state index is 0.0534. The van der Waals surface area contributed by atoms with Gasteiger partial charge in [-0.3, -0.25) is 19.7 Å². The molecule has 0 fully saturated rings. The molecule has 0 aliphatic rings. The number of hydrogen-bond donors (Lipinski definition) is 3. The van der Waals surface area contributed by atoms with Crippen LogP contribution >= 0.6 is 0 Å². The molecule has 0 radical (unpaired) electrons. The first-order valence-corrected chi connectivity index (χ1v) is 8.23. The van der Waals surface area contributed by atoms with E-state index in [4.69, 9.17) is 5.11 Å². The molecule has 0 aromatic heterocycles. The van der Waals surface area contributed by atoms with Crippen molar-refractivity contribution in [2.75, 3.05) is 13.2 Å². The summed E-state index contributed by atoms with van der Waals surface area (Å²) in [5.74, 6) is -1.04. The van der Waals surface area contributed by atoms with Crippen molar-refractivity contribution in [1.29, 1.82) is 0 Å². The van der Waals surface area contributed by atoms with Gasteiger partial charge >= 0.3 is 0 Å². The Labute approximate surface area is 155 Å². The molecule has 2 aromatic carbocycles. The van der Waals surface area contributed by atoms with Gasteiger partial charge in [0.2, 0.25) is 0 Å². The van der Waals surface area contributed by atoms with Crippen molar-refractivity contribution in [3.8, 4) is 0 Å². The molecule has 0 bridgehead atoms. The van der Waals surface area contributed by atoms with Crippen molar-refractivity contribution in [3.63, 3.8) is 0 Å². The van der Waals surface area contributed by atoms with E-state index in [1.165, 1.54) is 24.3 Å². The molecule has 27 heavy (non-hydrogen) atoms. The van der Waals surface area contributed by atoms with E-state index < -0.39 is 16.7 Å². The number of amides is 2. The summed E-state index contributed by atoms with van der Waals surface area (Å²) in [6, 6.07) is 14.1. The smallest absolute Gasteiger partial charge is 0.270 e. The molecule has 140 valence electrons. The monoisotopic (exact) mass is 369 g/mol. The highest BCUT2D eigenvalue weighted by Crippen LogP contribution is 2.15. The zero-order valence-electron chi connectivity index (χ0n) is 14.4. The van der Waals surface area contributed by atoms with Crippen LogP contribution in [0.5, 0.6) is 0 Å². The summed E-state index contributed by atoms with van der Waals surface area (Å²) in [5.41, 5.74) is 0.580. The summed E-state index contributed by atoms with van der Waals surface area (Å²) < 4.78 is 0. The lowest BCUT2D eigenvalue weighted by atomic mass is 10.1. The molecule has 2 rings (SSSR count). The molecule has 2 amide bonds. The second-order valence-electron chi connectivity index (χ2n) is 5.56. The van der Waals surface area contributed by atoms with Gasteiger partial charge in [-0.05, 0) is 30.2 Å². The molecular formula is C19H19N3O5. The lowest BCUT2D eigenvalue weighted by Gasteiger charge is -2.11. The number of nitrogens with zero attached hydrogens (tertiary/aromatic N) is 1. The van der Waals surface area contributed by atoms with Crippen LogP contribution in [0.2, 0.25) is 0 Å². The fourth-order valence-electron chi connectivity index (χ4n) is 2.21. The first-order chi connectivity index (χ1) is 13.0. The van der Waals surface area contributed by atoms with Gasteiger partial charge in [0.05, 0.1) is 4.92 Å². The number of nitrogens with one attached hydrogen (secondary N) is 2. The number of carbonyl (C=O) groups excluding carboxylic acids is 2. The molecule has 0 aliphatic carbocycles. The number of aliphatic hydroxyl groups excluding tert-OH is 1. The lowest BCUT2D eigenvalue weighted by molar-refractivity contribution is -0.384. The molecule has 0 aliphatic heterocycles. The SMILES string of the molecule is O=C(NCCCO)/C(=C\c1cccc([N+](=O)[O-])c1)NC(=O)c1ccccc1. The van der Waals surface area contributed by atoms with Gasteiger partial charge in [-0.1, -0.05) is 30.3 Å². The Balaban J connectivity index is 2.28. The van der Waals surface area contributed by atoms with Crippen molar-refractivity contribution >= 4 is 23.6 Å². The van der Waals surface area contributed by atoms with Crippen molar-refractivity contribution in [2.24, 2.45) is 0 Å². The average molecular weight is 369 g/mol. The van der Waals surface area contributed by atoms with E-state index in [2.05, 4.69) is 10.6 Å². The molecule has 2 aromatic rings. The number of nitro groups is 1. The largest absolute Gasteiger partial charge is 0.396 e. The average Bonchev–Trinajstić information content (AvgIpc) is 2.68. The Hall–Kier alpha value is -3.52. The Morgan fingerprint density at radius 2 is 1.85 bits per heavy atom. The van der Waals surface area contributed by atoms with Gasteiger partial charge < -0.3 is 15.7 Å². The molecule has 0 unspecified atom stereocenters. The number of nitro benzene ring substituents is 1. The fourth-order valence-corrected chi connectivity index (χ4v) is 2.21. The Morgan fingerprint density at radius 1 is 1.11 bits per heavy atom. The van der Waals surface area contributed by atoms with Gasteiger partial charge in [0.1, 0.15) is 5.70 Å². The molecular weight excluding hydrogens is 350 g/mol. The van der Waals surface area contributed by atoms with Crippen LogP contribution in [-0.4, -0.2) is 35.0 Å². The van der Waals surface area contributed by atoms with Crippen LogP contribution in [0.1, 0.15) is 22.3 Å². The van der Waals surface area contributed by atoms with E-state index in [1.807, 2.05) is 0 Å². The van der Waals surface area contributed by atoms with E-state index >= 15 is 0 Å². The standard InChI is InChI=1S/C19H19N3O5/c23-11-5-10-20-19(25)17(21-18(24)15-7-2-1-3-8-15)13-14-6-4-9-16(12-14)22(26)27/h1-4,6-9,12-13,23H,5,10-11H2,(H,20,25)(H,21,24)/b17-13+. The second kappa shape index (κ2) is 9.83. The quantitative estimate of drug-likeness (QED) is 0.284. The van der Waals surface area contributed by atoms with Gasteiger partial charge in [0.15, 0.2) is 0 Å². The van der Waals surface area contributed by atoms with Crippen LogP contribution in [0.25, 0.3) is 6.08 Å². The molecule has 0 saturated carbocycles.